The standard InChI is InChI=1S/C21H28ClN5O2/c1-3-4-5-6-7-12-27-19(28)17-18(24(2)21(27)29)23-20-25(13-14-26(17)20)16-10-8-15(22)9-11-16/h8-11,17-18H,3-7,12-14H2,1-2H3. The van der Waals surface area contributed by atoms with Crippen LogP contribution in [0.15, 0.2) is 29.3 Å². The van der Waals surface area contributed by atoms with Crippen molar-refractivity contribution in [3.8, 4) is 0 Å². The lowest BCUT2D eigenvalue weighted by Gasteiger charge is -2.40. The quantitative estimate of drug-likeness (QED) is 0.638. The Morgan fingerprint density at radius 3 is 2.52 bits per heavy atom. The maximum absolute atomic E-state index is 13.2. The van der Waals surface area contributed by atoms with Gasteiger partial charge >= 0.3 is 6.03 Å². The molecule has 0 aromatic heterocycles. The van der Waals surface area contributed by atoms with Crippen LogP contribution >= 0.6 is 11.6 Å². The van der Waals surface area contributed by atoms with E-state index < -0.39 is 12.2 Å². The van der Waals surface area contributed by atoms with Crippen molar-refractivity contribution < 1.29 is 9.59 Å². The van der Waals surface area contributed by atoms with Crippen molar-refractivity contribution in [2.45, 2.75) is 51.2 Å². The van der Waals surface area contributed by atoms with Crippen molar-refractivity contribution >= 4 is 35.2 Å². The molecular weight excluding hydrogens is 390 g/mol. The first-order valence-electron chi connectivity index (χ1n) is 10.5. The van der Waals surface area contributed by atoms with Crippen LogP contribution in [0.5, 0.6) is 0 Å². The summed E-state index contributed by atoms with van der Waals surface area (Å²) < 4.78 is 0. The molecule has 0 radical (unpaired) electrons. The minimum atomic E-state index is -0.462. The Labute approximate surface area is 176 Å². The summed E-state index contributed by atoms with van der Waals surface area (Å²) in [5, 5.41) is 0.682. The van der Waals surface area contributed by atoms with Crippen molar-refractivity contribution in [3.63, 3.8) is 0 Å². The second kappa shape index (κ2) is 8.22. The van der Waals surface area contributed by atoms with E-state index in [1.807, 2.05) is 24.3 Å². The molecular formula is C21H28ClN5O2. The number of nitrogens with zero attached hydrogens (tertiary/aromatic N) is 5. The molecule has 0 spiro atoms. The van der Waals surface area contributed by atoms with Crippen LogP contribution in [-0.4, -0.2) is 71.5 Å². The zero-order valence-electron chi connectivity index (χ0n) is 17.1. The molecule has 3 aliphatic rings. The fourth-order valence-electron chi connectivity index (χ4n) is 4.38. The number of carbonyl (C=O) groups is 2. The minimum absolute atomic E-state index is 0.120. The van der Waals surface area contributed by atoms with E-state index in [1.165, 1.54) is 17.7 Å². The number of aliphatic imine (C=N–C) groups is 1. The number of halogens is 1. The highest BCUT2D eigenvalue weighted by Gasteiger charge is 2.54. The zero-order valence-corrected chi connectivity index (χ0v) is 17.8. The van der Waals surface area contributed by atoms with Gasteiger partial charge in [0.15, 0.2) is 12.2 Å². The topological polar surface area (TPSA) is 59.5 Å². The van der Waals surface area contributed by atoms with Gasteiger partial charge in [-0.05, 0) is 30.7 Å². The zero-order chi connectivity index (χ0) is 20.5. The van der Waals surface area contributed by atoms with Gasteiger partial charge in [-0.2, -0.15) is 0 Å². The number of hydrogen-bond donors (Lipinski definition) is 0. The molecule has 1 aromatic rings. The van der Waals surface area contributed by atoms with Gasteiger partial charge in [0.25, 0.3) is 5.91 Å². The van der Waals surface area contributed by atoms with E-state index in [2.05, 4.69) is 16.7 Å². The third kappa shape index (κ3) is 3.56. The molecule has 4 rings (SSSR count). The molecule has 0 aliphatic carbocycles. The molecule has 3 amide bonds. The van der Waals surface area contributed by atoms with E-state index in [9.17, 15) is 9.59 Å². The monoisotopic (exact) mass is 417 g/mol. The Morgan fingerprint density at radius 1 is 1.07 bits per heavy atom. The van der Waals surface area contributed by atoms with Crippen LogP contribution in [0.4, 0.5) is 10.5 Å². The molecule has 2 atom stereocenters. The SMILES string of the molecule is CCCCCCCN1C(=O)C2C(N=C3N(c4ccc(Cl)cc4)CCN32)N(C)C1=O. The van der Waals surface area contributed by atoms with Gasteiger partial charge < -0.3 is 14.7 Å². The lowest BCUT2D eigenvalue weighted by atomic mass is 10.1. The first kappa shape index (κ1) is 20.0. The van der Waals surface area contributed by atoms with Crippen molar-refractivity contribution in [1.82, 2.24) is 14.7 Å². The predicted octanol–water partition coefficient (Wildman–Crippen LogP) is 3.39. The van der Waals surface area contributed by atoms with Gasteiger partial charge in [0, 0.05) is 37.4 Å². The van der Waals surface area contributed by atoms with Gasteiger partial charge in [-0.1, -0.05) is 44.2 Å². The summed E-state index contributed by atoms with van der Waals surface area (Å²) in [7, 11) is 1.75. The summed E-state index contributed by atoms with van der Waals surface area (Å²) in [6.45, 7) is 4.12. The number of amides is 3. The van der Waals surface area contributed by atoms with E-state index in [4.69, 9.17) is 16.6 Å². The number of guanidine groups is 1. The average molecular weight is 418 g/mol. The van der Waals surface area contributed by atoms with Gasteiger partial charge in [-0.25, -0.2) is 9.79 Å². The highest BCUT2D eigenvalue weighted by Crippen LogP contribution is 2.33. The number of benzene rings is 1. The number of anilines is 1. The summed E-state index contributed by atoms with van der Waals surface area (Å²) in [5.41, 5.74) is 0.989. The van der Waals surface area contributed by atoms with Crippen molar-refractivity contribution in [2.75, 3.05) is 31.6 Å². The molecule has 2 saturated heterocycles. The number of hydrogen-bond acceptors (Lipinski definition) is 5. The highest BCUT2D eigenvalue weighted by molar-refractivity contribution is 6.30. The smallest absolute Gasteiger partial charge is 0.325 e. The van der Waals surface area contributed by atoms with E-state index in [1.54, 1.807) is 11.9 Å². The van der Waals surface area contributed by atoms with Crippen LogP contribution in [-0.2, 0) is 4.79 Å². The summed E-state index contributed by atoms with van der Waals surface area (Å²) >= 11 is 6.02. The van der Waals surface area contributed by atoms with Gasteiger partial charge in [0.2, 0.25) is 5.96 Å². The van der Waals surface area contributed by atoms with Crippen LogP contribution in [0.1, 0.15) is 39.0 Å². The van der Waals surface area contributed by atoms with Crippen LogP contribution in [0.3, 0.4) is 0 Å². The van der Waals surface area contributed by atoms with Crippen molar-refractivity contribution in [3.05, 3.63) is 29.3 Å². The molecule has 29 heavy (non-hydrogen) atoms. The number of rotatable bonds is 7. The van der Waals surface area contributed by atoms with E-state index >= 15 is 0 Å². The molecule has 3 aliphatic heterocycles. The molecule has 1 aromatic carbocycles. The van der Waals surface area contributed by atoms with Gasteiger partial charge in [-0.3, -0.25) is 9.69 Å². The summed E-state index contributed by atoms with van der Waals surface area (Å²) in [4.78, 5) is 38.0. The molecule has 8 heteroatoms. The number of fused-ring (bicyclic) bond motifs is 3. The van der Waals surface area contributed by atoms with Gasteiger partial charge in [-0.15, -0.1) is 0 Å². The normalized spacial score (nSPS) is 23.6. The molecule has 156 valence electrons. The lowest BCUT2D eigenvalue weighted by Crippen LogP contribution is -2.64. The largest absolute Gasteiger partial charge is 0.328 e. The fourth-order valence-corrected chi connectivity index (χ4v) is 4.51. The van der Waals surface area contributed by atoms with Crippen LogP contribution in [0.25, 0.3) is 0 Å². The Hall–Kier alpha value is -2.28. The van der Waals surface area contributed by atoms with Crippen LogP contribution in [0.2, 0.25) is 5.02 Å². The maximum atomic E-state index is 13.2. The number of unbranched alkanes of at least 4 members (excludes halogenated alkanes) is 4. The number of carbonyl (C=O) groups excluding carboxylic acids is 2. The average Bonchev–Trinajstić information content (AvgIpc) is 3.28. The van der Waals surface area contributed by atoms with Gasteiger partial charge in [0.1, 0.15) is 0 Å². The number of likely N-dealkylation sites (N-methyl/N-ethyl adjacent to an activating group) is 1. The lowest BCUT2D eigenvalue weighted by molar-refractivity contribution is -0.137. The second-order valence-corrected chi connectivity index (χ2v) is 8.34. The first-order chi connectivity index (χ1) is 14.0. The Morgan fingerprint density at radius 2 is 1.79 bits per heavy atom. The van der Waals surface area contributed by atoms with Gasteiger partial charge in [0.05, 0.1) is 0 Å². The van der Waals surface area contributed by atoms with E-state index in [-0.39, 0.29) is 11.9 Å². The first-order valence-corrected chi connectivity index (χ1v) is 10.9. The molecule has 2 unspecified atom stereocenters. The van der Waals surface area contributed by atoms with E-state index in [0.29, 0.717) is 18.1 Å². The fraction of sp³-hybridized carbons (Fsp3) is 0.571. The minimum Gasteiger partial charge on any atom is -0.325 e. The number of imide groups is 1. The molecule has 0 saturated carbocycles. The maximum Gasteiger partial charge on any atom is 0.328 e. The van der Waals surface area contributed by atoms with Crippen LogP contribution in [0, 0.1) is 0 Å². The van der Waals surface area contributed by atoms with E-state index in [0.717, 1.165) is 37.5 Å². The molecule has 2 fully saturated rings. The molecule has 0 N–H and O–H groups in total. The van der Waals surface area contributed by atoms with Crippen molar-refractivity contribution in [2.24, 2.45) is 4.99 Å². The summed E-state index contributed by atoms with van der Waals surface area (Å²) in [6, 6.07) is 6.94. The second-order valence-electron chi connectivity index (χ2n) is 7.91. The predicted molar refractivity (Wildman–Crippen MR) is 114 cm³/mol. The highest BCUT2D eigenvalue weighted by atomic mass is 35.5. The molecule has 0 bridgehead atoms. The third-order valence-electron chi connectivity index (χ3n) is 6.00. The Bertz CT molecular complexity index is 812. The van der Waals surface area contributed by atoms with Crippen LogP contribution < -0.4 is 4.90 Å². The molecule has 3 heterocycles. The third-order valence-corrected chi connectivity index (χ3v) is 6.25. The Balaban J connectivity index is 1.50. The Kier molecular flexibility index (Phi) is 5.67. The molecule has 7 nitrogen and oxygen atoms in total. The summed E-state index contributed by atoms with van der Waals surface area (Å²) in [6.07, 6.45) is 4.94. The number of urea groups is 1. The summed E-state index contributed by atoms with van der Waals surface area (Å²) in [5.74, 6) is 0.644. The van der Waals surface area contributed by atoms with Crippen molar-refractivity contribution in [1.29, 1.82) is 0 Å².